The van der Waals surface area contributed by atoms with Crippen molar-refractivity contribution in [3.63, 3.8) is 0 Å². The minimum absolute atomic E-state index is 0.143. The second-order valence-electron chi connectivity index (χ2n) is 8.19. The number of hydrogen-bond donors (Lipinski definition) is 1. The van der Waals surface area contributed by atoms with Crippen LogP contribution in [0.2, 0.25) is 0 Å². The van der Waals surface area contributed by atoms with Crippen molar-refractivity contribution in [2.45, 2.75) is 19.9 Å². The summed E-state index contributed by atoms with van der Waals surface area (Å²) >= 11 is 0. The summed E-state index contributed by atoms with van der Waals surface area (Å²) in [4.78, 5) is 15.0. The lowest BCUT2D eigenvalue weighted by atomic mass is 10.1. The summed E-state index contributed by atoms with van der Waals surface area (Å²) in [7, 11) is 3.82. The Labute approximate surface area is 187 Å². The van der Waals surface area contributed by atoms with Crippen molar-refractivity contribution in [3.05, 3.63) is 76.9 Å². The van der Waals surface area contributed by atoms with Gasteiger partial charge in [-0.15, -0.1) is 0 Å². The van der Waals surface area contributed by atoms with E-state index in [1.54, 1.807) is 6.07 Å². The SMILES string of the molecule is Cc1cc(C(=O)NCC(c2cccc(F)c2)N(C)C)c(C)n1-c1ccc2c(c1)OCCO2. The van der Waals surface area contributed by atoms with E-state index < -0.39 is 0 Å². The van der Waals surface area contributed by atoms with E-state index in [4.69, 9.17) is 9.47 Å². The number of nitrogens with one attached hydrogen (secondary N) is 1. The molecular formula is C25H28FN3O3. The first-order valence-corrected chi connectivity index (χ1v) is 10.6. The van der Waals surface area contributed by atoms with Crippen molar-refractivity contribution in [1.29, 1.82) is 0 Å². The van der Waals surface area contributed by atoms with Crippen molar-refractivity contribution in [1.82, 2.24) is 14.8 Å². The van der Waals surface area contributed by atoms with Gasteiger partial charge >= 0.3 is 0 Å². The zero-order valence-corrected chi connectivity index (χ0v) is 18.8. The number of rotatable bonds is 6. The quantitative estimate of drug-likeness (QED) is 0.633. The van der Waals surface area contributed by atoms with E-state index in [1.807, 2.05) is 67.7 Å². The van der Waals surface area contributed by atoms with Gasteiger partial charge in [-0.2, -0.15) is 0 Å². The second-order valence-corrected chi connectivity index (χ2v) is 8.19. The summed E-state index contributed by atoms with van der Waals surface area (Å²) < 4.78 is 27.0. The summed E-state index contributed by atoms with van der Waals surface area (Å²) in [6.07, 6.45) is 0. The van der Waals surface area contributed by atoms with E-state index in [2.05, 4.69) is 5.32 Å². The Balaban J connectivity index is 1.55. The number of carbonyl (C=O) groups excluding carboxylic acids is 1. The fourth-order valence-electron chi connectivity index (χ4n) is 4.16. The molecule has 32 heavy (non-hydrogen) atoms. The van der Waals surface area contributed by atoms with Gasteiger partial charge in [0, 0.05) is 29.7 Å². The fraction of sp³-hybridized carbons (Fsp3) is 0.320. The van der Waals surface area contributed by atoms with Crippen LogP contribution in [0.4, 0.5) is 4.39 Å². The van der Waals surface area contributed by atoms with E-state index in [1.165, 1.54) is 12.1 Å². The van der Waals surface area contributed by atoms with Crippen LogP contribution in [0.15, 0.2) is 48.5 Å². The maximum Gasteiger partial charge on any atom is 0.253 e. The molecule has 168 valence electrons. The highest BCUT2D eigenvalue weighted by Crippen LogP contribution is 2.33. The number of ether oxygens (including phenoxy) is 2. The molecule has 2 heterocycles. The van der Waals surface area contributed by atoms with Crippen LogP contribution in [0.1, 0.15) is 33.4 Å². The topological polar surface area (TPSA) is 55.7 Å². The van der Waals surface area contributed by atoms with Gasteiger partial charge in [0.15, 0.2) is 11.5 Å². The second kappa shape index (κ2) is 9.04. The van der Waals surface area contributed by atoms with Gasteiger partial charge in [0.1, 0.15) is 19.0 Å². The predicted molar refractivity (Wildman–Crippen MR) is 121 cm³/mol. The highest BCUT2D eigenvalue weighted by molar-refractivity contribution is 5.96. The molecule has 0 spiro atoms. The molecule has 7 heteroatoms. The minimum atomic E-state index is -0.288. The lowest BCUT2D eigenvalue weighted by molar-refractivity contribution is 0.0941. The van der Waals surface area contributed by atoms with Crippen LogP contribution in [0.5, 0.6) is 11.5 Å². The van der Waals surface area contributed by atoms with Gasteiger partial charge in [0.25, 0.3) is 5.91 Å². The van der Waals surface area contributed by atoms with Crippen molar-refractivity contribution < 1.29 is 18.7 Å². The first-order chi connectivity index (χ1) is 15.3. The van der Waals surface area contributed by atoms with Crippen LogP contribution in [0.25, 0.3) is 5.69 Å². The molecule has 2 aromatic carbocycles. The minimum Gasteiger partial charge on any atom is -0.486 e. The van der Waals surface area contributed by atoms with Gasteiger partial charge in [-0.3, -0.25) is 4.79 Å². The molecule has 6 nitrogen and oxygen atoms in total. The van der Waals surface area contributed by atoms with Crippen LogP contribution in [-0.2, 0) is 0 Å². The van der Waals surface area contributed by atoms with Crippen molar-refractivity contribution in [3.8, 4) is 17.2 Å². The van der Waals surface area contributed by atoms with Crippen molar-refractivity contribution in [2.24, 2.45) is 0 Å². The van der Waals surface area contributed by atoms with E-state index in [0.29, 0.717) is 31.1 Å². The lowest BCUT2D eigenvalue weighted by Crippen LogP contribution is -2.34. The molecule has 3 aromatic rings. The van der Waals surface area contributed by atoms with Crippen LogP contribution in [0, 0.1) is 19.7 Å². The van der Waals surface area contributed by atoms with Gasteiger partial charge in [-0.25, -0.2) is 4.39 Å². The number of fused-ring (bicyclic) bond motifs is 1. The number of benzene rings is 2. The molecule has 1 aliphatic rings. The molecule has 0 fully saturated rings. The molecule has 0 saturated heterocycles. The maximum absolute atomic E-state index is 13.7. The molecule has 1 N–H and O–H groups in total. The average molecular weight is 438 g/mol. The molecule has 1 amide bonds. The van der Waals surface area contributed by atoms with Gasteiger partial charge in [0.2, 0.25) is 0 Å². The number of amides is 1. The summed E-state index contributed by atoms with van der Waals surface area (Å²) in [6.45, 7) is 5.32. The Bertz CT molecular complexity index is 1140. The Morgan fingerprint density at radius 1 is 1.09 bits per heavy atom. The van der Waals surface area contributed by atoms with E-state index in [0.717, 1.165) is 28.4 Å². The van der Waals surface area contributed by atoms with Crippen LogP contribution in [0.3, 0.4) is 0 Å². The smallest absolute Gasteiger partial charge is 0.253 e. The number of aryl methyl sites for hydroxylation is 1. The van der Waals surface area contributed by atoms with Crippen molar-refractivity contribution >= 4 is 5.91 Å². The largest absolute Gasteiger partial charge is 0.486 e. The molecular weight excluding hydrogens is 409 g/mol. The molecule has 1 unspecified atom stereocenters. The third-order valence-corrected chi connectivity index (χ3v) is 5.77. The molecule has 0 radical (unpaired) electrons. The third-order valence-electron chi connectivity index (χ3n) is 5.77. The number of hydrogen-bond acceptors (Lipinski definition) is 4. The number of carbonyl (C=O) groups is 1. The first kappa shape index (κ1) is 21.9. The molecule has 1 aromatic heterocycles. The predicted octanol–water partition coefficient (Wildman–Crippen LogP) is 4.04. The Hall–Kier alpha value is -3.32. The Morgan fingerprint density at radius 2 is 1.84 bits per heavy atom. The van der Waals surface area contributed by atoms with Crippen LogP contribution >= 0.6 is 0 Å². The molecule has 0 saturated carbocycles. The summed E-state index contributed by atoms with van der Waals surface area (Å²) in [5.74, 6) is 0.984. The summed E-state index contributed by atoms with van der Waals surface area (Å²) in [5, 5.41) is 3.02. The highest BCUT2D eigenvalue weighted by atomic mass is 19.1. The molecule has 1 aliphatic heterocycles. The van der Waals surface area contributed by atoms with Crippen LogP contribution in [-0.4, -0.2) is 49.2 Å². The number of nitrogens with zero attached hydrogens (tertiary/aromatic N) is 2. The first-order valence-electron chi connectivity index (χ1n) is 10.6. The zero-order chi connectivity index (χ0) is 22.8. The Morgan fingerprint density at radius 3 is 2.56 bits per heavy atom. The van der Waals surface area contributed by atoms with E-state index in [9.17, 15) is 9.18 Å². The highest BCUT2D eigenvalue weighted by Gasteiger charge is 2.21. The molecule has 1 atom stereocenters. The average Bonchev–Trinajstić information content (AvgIpc) is 3.07. The third kappa shape index (κ3) is 4.34. The van der Waals surface area contributed by atoms with Gasteiger partial charge in [-0.05, 0) is 63.8 Å². The van der Waals surface area contributed by atoms with Gasteiger partial charge in [0.05, 0.1) is 11.6 Å². The van der Waals surface area contributed by atoms with Gasteiger partial charge < -0.3 is 24.3 Å². The number of halogens is 1. The molecule has 4 rings (SSSR count). The lowest BCUT2D eigenvalue weighted by Gasteiger charge is -2.25. The standard InChI is InChI=1S/C25H28FN3O3/c1-16-12-21(17(2)29(16)20-8-9-23-24(14-20)32-11-10-31-23)25(30)27-15-22(28(3)4)18-6-5-7-19(26)13-18/h5-9,12-14,22H,10-11,15H2,1-4H3,(H,27,30). The number of aromatic nitrogens is 1. The monoisotopic (exact) mass is 437 g/mol. The summed E-state index contributed by atoms with van der Waals surface area (Å²) in [6, 6.07) is 14.0. The van der Waals surface area contributed by atoms with Gasteiger partial charge in [-0.1, -0.05) is 12.1 Å². The number of likely N-dealkylation sites (N-methyl/N-ethyl adjacent to an activating group) is 1. The summed E-state index contributed by atoms with van der Waals surface area (Å²) in [5.41, 5.74) is 4.11. The normalized spacial score (nSPS) is 13.8. The molecule has 0 bridgehead atoms. The fourth-order valence-corrected chi connectivity index (χ4v) is 4.16. The molecule has 0 aliphatic carbocycles. The zero-order valence-electron chi connectivity index (χ0n) is 18.8. The van der Waals surface area contributed by atoms with E-state index >= 15 is 0 Å². The maximum atomic E-state index is 13.7. The van der Waals surface area contributed by atoms with E-state index in [-0.39, 0.29) is 17.8 Å². The van der Waals surface area contributed by atoms with Crippen LogP contribution < -0.4 is 14.8 Å². The van der Waals surface area contributed by atoms with Crippen molar-refractivity contribution in [2.75, 3.05) is 33.9 Å². The Kier molecular flexibility index (Phi) is 6.19.